The quantitative estimate of drug-likeness (QED) is 0.853. The van der Waals surface area contributed by atoms with Crippen LogP contribution in [-0.2, 0) is 4.79 Å². The van der Waals surface area contributed by atoms with E-state index in [0.29, 0.717) is 24.7 Å². The first-order chi connectivity index (χ1) is 9.69. The van der Waals surface area contributed by atoms with Gasteiger partial charge in [0.05, 0.1) is 6.54 Å². The number of piperidine rings is 1. The molecular weight excluding hydrogens is 250 g/mol. The normalized spacial score (nSPS) is 33.3. The topological polar surface area (TPSA) is 49.6 Å². The molecule has 3 rings (SSSR count). The van der Waals surface area contributed by atoms with E-state index < -0.39 is 0 Å². The molecule has 20 heavy (non-hydrogen) atoms. The maximum atomic E-state index is 12.6. The molecule has 112 valence electrons. The van der Waals surface area contributed by atoms with Crippen LogP contribution in [0.4, 0.5) is 0 Å². The zero-order chi connectivity index (χ0) is 14.1. The Labute approximate surface area is 122 Å². The second kappa shape index (κ2) is 5.86. The van der Waals surface area contributed by atoms with Crippen molar-refractivity contribution in [2.75, 3.05) is 13.1 Å². The Morgan fingerprint density at radius 2 is 2.10 bits per heavy atom. The second-order valence-electron chi connectivity index (χ2n) is 6.51. The molecule has 0 aromatic rings. The van der Waals surface area contributed by atoms with Crippen molar-refractivity contribution in [3.8, 4) is 0 Å². The standard InChI is InChI=1S/C16H27N3O/c1-2-18(13-5-3-4-6-13)16(20)11-19-14-7-8-15(19)10-12(17)9-14/h5,12,14-15H,2-4,6-11,17H2,1H3. The van der Waals surface area contributed by atoms with Gasteiger partial charge in [0.2, 0.25) is 5.91 Å². The van der Waals surface area contributed by atoms with Crippen LogP contribution in [0.2, 0.25) is 0 Å². The summed E-state index contributed by atoms with van der Waals surface area (Å²) in [5, 5.41) is 0. The zero-order valence-corrected chi connectivity index (χ0v) is 12.6. The third kappa shape index (κ3) is 2.63. The summed E-state index contributed by atoms with van der Waals surface area (Å²) < 4.78 is 0. The van der Waals surface area contributed by atoms with Crippen LogP contribution in [-0.4, -0.2) is 46.9 Å². The molecule has 2 heterocycles. The molecule has 2 unspecified atom stereocenters. The Morgan fingerprint density at radius 1 is 1.40 bits per heavy atom. The van der Waals surface area contributed by atoms with Gasteiger partial charge in [0.25, 0.3) is 0 Å². The van der Waals surface area contributed by atoms with Gasteiger partial charge in [0.15, 0.2) is 0 Å². The van der Waals surface area contributed by atoms with E-state index in [-0.39, 0.29) is 5.91 Å². The van der Waals surface area contributed by atoms with Crippen molar-refractivity contribution in [1.29, 1.82) is 0 Å². The molecule has 0 radical (unpaired) electrons. The maximum absolute atomic E-state index is 12.6. The minimum atomic E-state index is 0.285. The van der Waals surface area contributed by atoms with Gasteiger partial charge in [-0.3, -0.25) is 9.69 Å². The van der Waals surface area contributed by atoms with E-state index in [2.05, 4.69) is 17.9 Å². The fourth-order valence-corrected chi connectivity index (χ4v) is 4.25. The SMILES string of the molecule is CCN(C(=O)CN1C2CCC1CC(N)C2)C1=CCCC1. The Hall–Kier alpha value is -0.870. The number of rotatable bonds is 4. The lowest BCUT2D eigenvalue weighted by atomic mass is 9.98. The van der Waals surface area contributed by atoms with Crippen LogP contribution in [0.25, 0.3) is 0 Å². The lowest BCUT2D eigenvalue weighted by molar-refractivity contribution is -0.131. The smallest absolute Gasteiger partial charge is 0.240 e. The number of nitrogens with two attached hydrogens (primary N) is 1. The van der Waals surface area contributed by atoms with Crippen molar-refractivity contribution in [3.05, 3.63) is 11.8 Å². The van der Waals surface area contributed by atoms with Crippen molar-refractivity contribution in [2.45, 2.75) is 70.0 Å². The van der Waals surface area contributed by atoms with Gasteiger partial charge in [0.1, 0.15) is 0 Å². The molecule has 0 aromatic carbocycles. The first-order valence-electron chi connectivity index (χ1n) is 8.19. The summed E-state index contributed by atoms with van der Waals surface area (Å²) in [6, 6.07) is 1.44. The molecule has 4 nitrogen and oxygen atoms in total. The van der Waals surface area contributed by atoms with Crippen molar-refractivity contribution in [1.82, 2.24) is 9.80 Å². The van der Waals surface area contributed by atoms with E-state index in [4.69, 9.17) is 5.73 Å². The summed E-state index contributed by atoms with van der Waals surface area (Å²) in [6.45, 7) is 3.47. The number of nitrogens with zero attached hydrogens (tertiary/aromatic N) is 2. The number of likely N-dealkylation sites (N-methyl/N-ethyl adjacent to an activating group) is 1. The van der Waals surface area contributed by atoms with Crippen LogP contribution >= 0.6 is 0 Å². The second-order valence-corrected chi connectivity index (χ2v) is 6.51. The molecule has 3 aliphatic rings. The van der Waals surface area contributed by atoms with Crippen LogP contribution in [0.5, 0.6) is 0 Å². The molecule has 2 fully saturated rings. The van der Waals surface area contributed by atoms with Crippen LogP contribution in [0.15, 0.2) is 11.8 Å². The van der Waals surface area contributed by atoms with Crippen LogP contribution in [0, 0.1) is 0 Å². The van der Waals surface area contributed by atoms with Crippen LogP contribution in [0.1, 0.15) is 51.9 Å². The van der Waals surface area contributed by atoms with E-state index >= 15 is 0 Å². The number of amides is 1. The Balaban J connectivity index is 1.63. The highest BCUT2D eigenvalue weighted by Crippen LogP contribution is 2.35. The van der Waals surface area contributed by atoms with E-state index in [1.54, 1.807) is 0 Å². The highest BCUT2D eigenvalue weighted by molar-refractivity contribution is 5.80. The van der Waals surface area contributed by atoms with Gasteiger partial charge in [-0.25, -0.2) is 0 Å². The van der Waals surface area contributed by atoms with Gasteiger partial charge in [-0.05, 0) is 51.9 Å². The maximum Gasteiger partial charge on any atom is 0.240 e. The Bertz CT molecular complexity index is 393. The fraction of sp³-hybridized carbons (Fsp3) is 0.812. The van der Waals surface area contributed by atoms with Gasteiger partial charge in [0, 0.05) is 30.4 Å². The van der Waals surface area contributed by atoms with E-state index in [9.17, 15) is 4.79 Å². The van der Waals surface area contributed by atoms with Gasteiger partial charge < -0.3 is 10.6 Å². The Kier molecular flexibility index (Phi) is 4.13. The predicted molar refractivity (Wildman–Crippen MR) is 80.0 cm³/mol. The fourth-order valence-electron chi connectivity index (χ4n) is 4.25. The molecule has 1 amide bonds. The number of carbonyl (C=O) groups is 1. The number of allylic oxidation sites excluding steroid dienone is 2. The minimum Gasteiger partial charge on any atom is -0.328 e. The Morgan fingerprint density at radius 3 is 2.65 bits per heavy atom. The van der Waals surface area contributed by atoms with E-state index in [0.717, 1.165) is 32.2 Å². The van der Waals surface area contributed by atoms with Crippen molar-refractivity contribution < 1.29 is 4.79 Å². The molecule has 2 saturated heterocycles. The summed E-state index contributed by atoms with van der Waals surface area (Å²) >= 11 is 0. The van der Waals surface area contributed by atoms with E-state index in [1.165, 1.54) is 25.0 Å². The molecule has 4 heteroatoms. The number of hydrogen-bond donors (Lipinski definition) is 1. The number of fused-ring (bicyclic) bond motifs is 2. The third-order valence-corrected chi connectivity index (χ3v) is 5.22. The molecule has 2 bridgehead atoms. The molecule has 0 spiro atoms. The van der Waals surface area contributed by atoms with Crippen molar-refractivity contribution >= 4 is 5.91 Å². The lowest BCUT2D eigenvalue weighted by Crippen LogP contribution is -2.51. The molecular formula is C16H27N3O. The minimum absolute atomic E-state index is 0.285. The third-order valence-electron chi connectivity index (χ3n) is 5.22. The molecule has 0 aromatic heterocycles. The predicted octanol–water partition coefficient (Wildman–Crippen LogP) is 1.86. The molecule has 0 saturated carbocycles. The highest BCUT2D eigenvalue weighted by Gasteiger charge is 2.40. The summed E-state index contributed by atoms with van der Waals surface area (Å²) in [6.07, 6.45) is 10.2. The van der Waals surface area contributed by atoms with Crippen molar-refractivity contribution in [3.63, 3.8) is 0 Å². The average Bonchev–Trinajstić information content (AvgIpc) is 3.00. The average molecular weight is 277 g/mol. The van der Waals surface area contributed by atoms with Crippen LogP contribution in [0.3, 0.4) is 0 Å². The van der Waals surface area contributed by atoms with Crippen LogP contribution < -0.4 is 5.73 Å². The summed E-state index contributed by atoms with van der Waals surface area (Å²) in [4.78, 5) is 17.1. The monoisotopic (exact) mass is 277 g/mol. The van der Waals surface area contributed by atoms with Gasteiger partial charge in [-0.2, -0.15) is 0 Å². The van der Waals surface area contributed by atoms with E-state index in [1.807, 2.05) is 4.90 Å². The summed E-state index contributed by atoms with van der Waals surface area (Å²) in [7, 11) is 0. The zero-order valence-electron chi connectivity index (χ0n) is 12.6. The van der Waals surface area contributed by atoms with Gasteiger partial charge >= 0.3 is 0 Å². The van der Waals surface area contributed by atoms with Gasteiger partial charge in [-0.15, -0.1) is 0 Å². The summed E-state index contributed by atoms with van der Waals surface area (Å²) in [5.74, 6) is 0.285. The molecule has 2 aliphatic heterocycles. The largest absolute Gasteiger partial charge is 0.328 e. The number of carbonyl (C=O) groups excluding carboxylic acids is 1. The first-order valence-corrected chi connectivity index (χ1v) is 8.19. The first kappa shape index (κ1) is 14.1. The molecule has 2 atom stereocenters. The van der Waals surface area contributed by atoms with Gasteiger partial charge in [-0.1, -0.05) is 6.08 Å². The molecule has 1 aliphatic carbocycles. The highest BCUT2D eigenvalue weighted by atomic mass is 16.2. The molecule has 2 N–H and O–H groups in total. The lowest BCUT2D eigenvalue weighted by Gasteiger charge is -2.38. The van der Waals surface area contributed by atoms with Crippen molar-refractivity contribution in [2.24, 2.45) is 5.73 Å². The summed E-state index contributed by atoms with van der Waals surface area (Å²) in [5.41, 5.74) is 7.35. The number of hydrogen-bond acceptors (Lipinski definition) is 3.